The Morgan fingerprint density at radius 2 is 1.95 bits per heavy atom. The molecule has 0 saturated carbocycles. The predicted octanol–water partition coefficient (Wildman–Crippen LogP) is 5.78. The van der Waals surface area contributed by atoms with Gasteiger partial charge in [-0.05, 0) is 41.4 Å². The van der Waals surface area contributed by atoms with E-state index in [2.05, 4.69) is 6.92 Å². The Balaban J connectivity index is 4.18. The molecule has 0 aromatic carbocycles. The lowest BCUT2D eigenvalue weighted by atomic mass is 10.2. The van der Waals surface area contributed by atoms with E-state index in [9.17, 15) is 9.36 Å². The minimum atomic E-state index is -3.59. The van der Waals surface area contributed by atoms with Crippen LogP contribution in [0.25, 0.3) is 0 Å². The van der Waals surface area contributed by atoms with Crippen molar-refractivity contribution < 1.29 is 18.6 Å². The minimum absolute atomic E-state index is 0.00953. The average molecular weight is 391 g/mol. The van der Waals surface area contributed by atoms with Crippen molar-refractivity contribution in [1.82, 2.24) is 0 Å². The van der Waals surface area contributed by atoms with E-state index in [1.165, 1.54) is 18.9 Å². The normalized spacial score (nSPS) is 13.6. The summed E-state index contributed by atoms with van der Waals surface area (Å²) in [6.07, 6.45) is 4.97. The minimum Gasteiger partial charge on any atom is -0.380 e. The molecule has 1 atom stereocenters. The van der Waals surface area contributed by atoms with E-state index in [4.69, 9.17) is 31.7 Å². The summed E-state index contributed by atoms with van der Waals surface area (Å²) in [4.78, 5) is 11.7. The van der Waals surface area contributed by atoms with Crippen LogP contribution in [-0.4, -0.2) is 30.2 Å². The Bertz CT molecular complexity index is 374. The van der Waals surface area contributed by atoms with Crippen LogP contribution < -0.4 is 0 Å². The van der Waals surface area contributed by atoms with Gasteiger partial charge in [-0.25, -0.2) is 0 Å². The molecule has 0 aliphatic heterocycles. The van der Waals surface area contributed by atoms with E-state index in [0.717, 1.165) is 31.0 Å². The Labute approximate surface area is 147 Å². The van der Waals surface area contributed by atoms with Gasteiger partial charge in [0, 0.05) is 6.61 Å². The van der Waals surface area contributed by atoms with Crippen LogP contribution in [0.1, 0.15) is 46.0 Å². The summed E-state index contributed by atoms with van der Waals surface area (Å²) in [5.41, 5.74) is 0. The van der Waals surface area contributed by atoms with Gasteiger partial charge in [0.1, 0.15) is 0 Å². The zero-order valence-corrected chi connectivity index (χ0v) is 16.4. The summed E-state index contributed by atoms with van der Waals surface area (Å²) in [5, 5.41) is -0.380. The molecular formula is C14H25Cl2O4PS. The first-order valence-electron chi connectivity index (χ1n) is 7.47. The number of thioether (sulfide) groups is 1. The summed E-state index contributed by atoms with van der Waals surface area (Å²) >= 11 is 11.8. The molecule has 0 aromatic rings. The van der Waals surface area contributed by atoms with Gasteiger partial charge in [-0.15, -0.1) is 0 Å². The molecule has 8 heteroatoms. The zero-order valence-electron chi connectivity index (χ0n) is 13.1. The smallest absolute Gasteiger partial charge is 0.380 e. The van der Waals surface area contributed by atoms with Crippen LogP contribution in [0.4, 0.5) is 0 Å². The Kier molecular flexibility index (Phi) is 14.2. The average Bonchev–Trinajstić information content (AvgIpc) is 2.45. The fourth-order valence-electron chi connectivity index (χ4n) is 1.55. The molecule has 0 aliphatic carbocycles. The highest BCUT2D eigenvalue weighted by molar-refractivity contribution is 8.14. The molecule has 4 nitrogen and oxygen atoms in total. The molecule has 22 heavy (non-hydrogen) atoms. The second kappa shape index (κ2) is 13.9. The van der Waals surface area contributed by atoms with Crippen molar-refractivity contribution in [1.29, 1.82) is 0 Å². The fourth-order valence-corrected chi connectivity index (χ4v) is 3.15. The van der Waals surface area contributed by atoms with Gasteiger partial charge in [0.05, 0.1) is 18.5 Å². The number of carbonyl (C=O) groups excluding carboxylic acids is 1. The molecule has 0 spiro atoms. The maximum Gasteiger partial charge on any atom is 0.380 e. The molecule has 0 heterocycles. The number of halogens is 2. The van der Waals surface area contributed by atoms with E-state index in [0.29, 0.717) is 13.2 Å². The van der Waals surface area contributed by atoms with Crippen molar-refractivity contribution >= 4 is 45.4 Å². The number of rotatable bonds is 13. The van der Waals surface area contributed by atoms with E-state index in [-0.39, 0.29) is 17.0 Å². The number of hydrogen-bond acceptors (Lipinski definition) is 5. The van der Waals surface area contributed by atoms with E-state index in [1.807, 2.05) is 6.92 Å². The molecule has 0 aliphatic rings. The van der Waals surface area contributed by atoms with Gasteiger partial charge in [0.2, 0.25) is 5.12 Å². The Morgan fingerprint density at radius 1 is 1.23 bits per heavy atom. The highest BCUT2D eigenvalue weighted by Gasteiger charge is 2.20. The molecule has 130 valence electrons. The van der Waals surface area contributed by atoms with Crippen molar-refractivity contribution in [2.45, 2.75) is 51.2 Å². The predicted molar refractivity (Wildman–Crippen MR) is 96.0 cm³/mol. The third-order valence-electron chi connectivity index (χ3n) is 2.63. The van der Waals surface area contributed by atoms with Crippen molar-refractivity contribution in [3.63, 3.8) is 0 Å². The van der Waals surface area contributed by atoms with Crippen molar-refractivity contribution in [3.05, 3.63) is 12.2 Å². The molecular weight excluding hydrogens is 366 g/mol. The third-order valence-corrected chi connectivity index (χ3v) is 4.64. The number of unbranched alkanes of at least 4 members (excludes halogenated alkanes) is 3. The molecule has 0 aromatic heterocycles. The summed E-state index contributed by atoms with van der Waals surface area (Å²) in [6.45, 7) is 5.07. The topological polar surface area (TPSA) is 52.6 Å². The van der Waals surface area contributed by atoms with E-state index >= 15 is 0 Å². The number of allylic oxidation sites excluding steroid dienone is 1. The molecule has 0 rings (SSSR count). The molecule has 0 unspecified atom stereocenters. The van der Waals surface area contributed by atoms with Gasteiger partial charge in [-0.3, -0.25) is 9.36 Å². The van der Waals surface area contributed by atoms with Crippen LogP contribution >= 0.6 is 40.3 Å². The van der Waals surface area contributed by atoms with Gasteiger partial charge in [-0.2, -0.15) is 0 Å². The fraction of sp³-hybridized carbons (Fsp3) is 0.786. The summed E-state index contributed by atoms with van der Waals surface area (Å²) in [5.74, 6) is 0. The third kappa shape index (κ3) is 15.4. The van der Waals surface area contributed by atoms with Gasteiger partial charge < -0.3 is 9.26 Å². The molecule has 0 saturated heterocycles. The van der Waals surface area contributed by atoms with Crippen molar-refractivity contribution in [3.8, 4) is 0 Å². The van der Waals surface area contributed by atoms with Crippen molar-refractivity contribution in [2.24, 2.45) is 0 Å². The van der Waals surface area contributed by atoms with E-state index < -0.39 is 6.07 Å². The van der Waals surface area contributed by atoms with Crippen LogP contribution in [0, 0.1) is 0 Å². The van der Waals surface area contributed by atoms with Crippen LogP contribution in [0.15, 0.2) is 12.2 Å². The maximum atomic E-state index is 11.7. The number of hydrogen-bond donors (Lipinski definition) is 0. The van der Waals surface area contributed by atoms with Crippen LogP contribution in [0.5, 0.6) is 0 Å². The summed E-state index contributed by atoms with van der Waals surface area (Å²) < 4.78 is 21.6. The zero-order chi connectivity index (χ0) is 16.8. The lowest BCUT2D eigenvalue weighted by Crippen LogP contribution is -2.20. The lowest BCUT2D eigenvalue weighted by Gasteiger charge is -2.15. The van der Waals surface area contributed by atoms with Crippen molar-refractivity contribution in [2.75, 3.05) is 19.8 Å². The van der Waals surface area contributed by atoms with Gasteiger partial charge >= 0.3 is 6.07 Å². The van der Waals surface area contributed by atoms with E-state index in [1.54, 1.807) is 6.08 Å². The SMILES string of the molecule is CC/C=C/C(=O)S[C@@H](COCCCCCC)COP(=O)(Cl)Cl. The van der Waals surface area contributed by atoms with Gasteiger partial charge in [0.15, 0.2) is 0 Å². The van der Waals surface area contributed by atoms with Crippen LogP contribution in [0.2, 0.25) is 0 Å². The highest BCUT2D eigenvalue weighted by atomic mass is 35.9. The Morgan fingerprint density at radius 3 is 2.55 bits per heavy atom. The van der Waals surface area contributed by atoms with Crippen LogP contribution in [0.3, 0.4) is 0 Å². The largest absolute Gasteiger partial charge is 0.380 e. The second-order valence-electron chi connectivity index (χ2n) is 4.72. The monoisotopic (exact) mass is 390 g/mol. The first-order valence-corrected chi connectivity index (χ1v) is 11.8. The molecule has 0 N–H and O–H groups in total. The molecule has 0 bridgehead atoms. The lowest BCUT2D eigenvalue weighted by molar-refractivity contribution is -0.107. The number of carbonyl (C=O) groups is 1. The quantitative estimate of drug-likeness (QED) is 0.226. The molecule has 0 radical (unpaired) electrons. The Hall–Kier alpha value is 0.490. The van der Waals surface area contributed by atoms with Crippen LogP contribution in [-0.2, 0) is 18.6 Å². The first kappa shape index (κ1) is 22.5. The standard InChI is InChI=1S/C14H25Cl2O4PS/c1-3-5-7-8-10-19-11-13(12-20-21(15,16)18)22-14(17)9-6-4-2/h6,9,13H,3-5,7-8,10-12H2,1-2H3/b9-6+/t13-/m0/s1. The summed E-state index contributed by atoms with van der Waals surface area (Å²) in [7, 11) is 0. The van der Waals surface area contributed by atoms with Gasteiger partial charge in [0.25, 0.3) is 0 Å². The van der Waals surface area contributed by atoms with Gasteiger partial charge in [-0.1, -0.05) is 50.9 Å². The second-order valence-corrected chi connectivity index (χ2v) is 10.3. The number of ether oxygens (including phenoxy) is 1. The maximum absolute atomic E-state index is 11.7. The molecule has 0 fully saturated rings. The molecule has 0 amide bonds. The summed E-state index contributed by atoms with van der Waals surface area (Å²) in [6, 6.07) is 0. The highest BCUT2D eigenvalue weighted by Crippen LogP contribution is 2.57. The first-order chi connectivity index (χ1) is 10.4.